The maximum Gasteiger partial charge on any atom is 0.231 e. The van der Waals surface area contributed by atoms with Crippen molar-refractivity contribution in [2.45, 2.75) is 12.8 Å². The summed E-state index contributed by atoms with van der Waals surface area (Å²) in [6, 6.07) is 7.77. The summed E-state index contributed by atoms with van der Waals surface area (Å²) in [7, 11) is 7.42. The third-order valence-electron chi connectivity index (χ3n) is 5.40. The van der Waals surface area contributed by atoms with Crippen LogP contribution in [0.2, 0.25) is 0 Å². The van der Waals surface area contributed by atoms with Crippen molar-refractivity contribution < 1.29 is 18.9 Å². The van der Waals surface area contributed by atoms with Gasteiger partial charge in [-0.1, -0.05) is 0 Å². The molecule has 8 heteroatoms. The normalized spacial score (nSPS) is 13.1. The molecule has 0 saturated carbocycles. The lowest BCUT2D eigenvalue weighted by molar-refractivity contribution is 0.174. The molecule has 0 N–H and O–H groups in total. The molecular weight excluding hydrogens is 384 g/mol. The Morgan fingerprint density at radius 3 is 2.43 bits per heavy atom. The van der Waals surface area contributed by atoms with Gasteiger partial charge in [-0.2, -0.15) is 0 Å². The predicted molar refractivity (Wildman–Crippen MR) is 114 cm³/mol. The first-order valence-corrected chi connectivity index (χ1v) is 9.90. The zero-order valence-corrected chi connectivity index (χ0v) is 17.6. The van der Waals surface area contributed by atoms with Crippen LogP contribution in [0, 0.1) is 0 Å². The standard InChI is InChI=1S/C22H24N4O4/c1-25(2)7-5-6-21-23-14-9-18(28-4)17(27-3)8-13(14)22-24-15-10-19-20(30-12-29-19)11-16(15)26(21)22/h8-11H,5-7,12H2,1-4H3. The molecular formula is C22H24N4O4. The zero-order chi connectivity index (χ0) is 20.8. The molecule has 0 aliphatic carbocycles. The molecule has 30 heavy (non-hydrogen) atoms. The summed E-state index contributed by atoms with van der Waals surface area (Å²) >= 11 is 0. The lowest BCUT2D eigenvalue weighted by atomic mass is 10.2. The van der Waals surface area contributed by atoms with Crippen molar-refractivity contribution in [3.8, 4) is 23.0 Å². The van der Waals surface area contributed by atoms with Gasteiger partial charge in [-0.15, -0.1) is 0 Å². The molecule has 2 aromatic heterocycles. The van der Waals surface area contributed by atoms with Gasteiger partial charge in [0.25, 0.3) is 0 Å². The highest BCUT2D eigenvalue weighted by molar-refractivity contribution is 5.98. The first-order valence-electron chi connectivity index (χ1n) is 9.90. The predicted octanol–water partition coefficient (Wildman–Crippen LogP) is 3.28. The van der Waals surface area contributed by atoms with E-state index in [1.165, 1.54) is 0 Å². The summed E-state index contributed by atoms with van der Waals surface area (Å²) < 4.78 is 24.3. The quantitative estimate of drug-likeness (QED) is 0.485. The van der Waals surface area contributed by atoms with Crippen LogP contribution in [0.5, 0.6) is 23.0 Å². The second-order valence-corrected chi connectivity index (χ2v) is 7.62. The van der Waals surface area contributed by atoms with E-state index in [4.69, 9.17) is 28.9 Å². The highest BCUT2D eigenvalue weighted by atomic mass is 16.7. The number of hydrogen-bond acceptors (Lipinski definition) is 7. The van der Waals surface area contributed by atoms with E-state index < -0.39 is 0 Å². The average molecular weight is 408 g/mol. The third kappa shape index (κ3) is 2.95. The number of rotatable bonds is 6. The van der Waals surface area contributed by atoms with Crippen molar-refractivity contribution in [3.05, 3.63) is 30.1 Å². The smallest absolute Gasteiger partial charge is 0.231 e. The number of nitrogens with zero attached hydrogens (tertiary/aromatic N) is 4. The number of aryl methyl sites for hydroxylation is 1. The Bertz CT molecular complexity index is 1270. The van der Waals surface area contributed by atoms with E-state index in [1.54, 1.807) is 14.2 Å². The summed E-state index contributed by atoms with van der Waals surface area (Å²) in [6.45, 7) is 1.21. The number of imidazole rings is 1. The van der Waals surface area contributed by atoms with Crippen LogP contribution < -0.4 is 18.9 Å². The minimum atomic E-state index is 0.235. The van der Waals surface area contributed by atoms with Gasteiger partial charge in [0.2, 0.25) is 6.79 Å². The SMILES string of the molecule is COc1cc2nc(CCCN(C)C)n3c4cc5c(cc4nc3c2cc1OC)OCO5. The molecule has 3 heterocycles. The average Bonchev–Trinajstić information content (AvgIpc) is 3.34. The van der Waals surface area contributed by atoms with Crippen molar-refractivity contribution in [1.29, 1.82) is 0 Å². The van der Waals surface area contributed by atoms with Crippen molar-refractivity contribution in [1.82, 2.24) is 19.3 Å². The zero-order valence-electron chi connectivity index (χ0n) is 17.6. The van der Waals surface area contributed by atoms with Crippen LogP contribution in [0.25, 0.3) is 27.6 Å². The Morgan fingerprint density at radius 1 is 0.967 bits per heavy atom. The van der Waals surface area contributed by atoms with Gasteiger partial charge in [-0.25, -0.2) is 9.97 Å². The van der Waals surface area contributed by atoms with Gasteiger partial charge in [0.1, 0.15) is 11.5 Å². The van der Waals surface area contributed by atoms with Crippen LogP contribution in [0.3, 0.4) is 0 Å². The Balaban J connectivity index is 1.80. The molecule has 2 aromatic carbocycles. The molecule has 1 aliphatic rings. The first kappa shape index (κ1) is 18.7. The van der Waals surface area contributed by atoms with Crippen molar-refractivity contribution >= 4 is 27.6 Å². The molecule has 0 atom stereocenters. The largest absolute Gasteiger partial charge is 0.493 e. The molecule has 8 nitrogen and oxygen atoms in total. The van der Waals surface area contributed by atoms with Crippen LogP contribution in [0.4, 0.5) is 0 Å². The maximum atomic E-state index is 5.60. The van der Waals surface area contributed by atoms with Crippen LogP contribution in [-0.2, 0) is 6.42 Å². The Morgan fingerprint density at radius 2 is 1.70 bits per heavy atom. The second kappa shape index (κ2) is 7.21. The van der Waals surface area contributed by atoms with Gasteiger partial charge >= 0.3 is 0 Å². The van der Waals surface area contributed by atoms with Crippen LogP contribution in [0.15, 0.2) is 24.3 Å². The fourth-order valence-electron chi connectivity index (χ4n) is 3.96. The van der Waals surface area contributed by atoms with E-state index in [1.807, 2.05) is 24.3 Å². The second-order valence-electron chi connectivity index (χ2n) is 7.62. The molecule has 156 valence electrons. The van der Waals surface area contributed by atoms with E-state index >= 15 is 0 Å². The molecule has 1 aliphatic heterocycles. The Kier molecular flexibility index (Phi) is 4.51. The molecule has 4 aromatic rings. The molecule has 0 fully saturated rings. The summed E-state index contributed by atoms with van der Waals surface area (Å²) in [5.74, 6) is 3.70. The fourth-order valence-corrected chi connectivity index (χ4v) is 3.96. The summed E-state index contributed by atoms with van der Waals surface area (Å²) in [6.07, 6.45) is 1.80. The number of benzene rings is 2. The van der Waals surface area contributed by atoms with Crippen LogP contribution in [0.1, 0.15) is 12.2 Å². The molecule has 0 saturated heterocycles. The first-order chi connectivity index (χ1) is 14.6. The van der Waals surface area contributed by atoms with Gasteiger partial charge in [-0.05, 0) is 33.1 Å². The number of aromatic nitrogens is 3. The van der Waals surface area contributed by atoms with Gasteiger partial charge in [-0.3, -0.25) is 4.40 Å². The van der Waals surface area contributed by atoms with E-state index in [0.29, 0.717) is 11.5 Å². The number of hydrogen-bond donors (Lipinski definition) is 0. The third-order valence-corrected chi connectivity index (χ3v) is 5.40. The fraction of sp³-hybridized carbons (Fsp3) is 0.364. The van der Waals surface area contributed by atoms with Crippen molar-refractivity contribution in [2.24, 2.45) is 0 Å². The molecule has 0 spiro atoms. The molecule has 0 radical (unpaired) electrons. The van der Waals surface area contributed by atoms with Crippen LogP contribution in [-0.4, -0.2) is 60.9 Å². The lowest BCUT2D eigenvalue weighted by Crippen LogP contribution is -2.14. The van der Waals surface area contributed by atoms with Crippen LogP contribution >= 0.6 is 0 Å². The van der Waals surface area contributed by atoms with Gasteiger partial charge in [0, 0.05) is 30.0 Å². The molecule has 0 amide bonds. The molecule has 5 rings (SSSR count). The van der Waals surface area contributed by atoms with Gasteiger partial charge in [0.15, 0.2) is 23.0 Å². The van der Waals surface area contributed by atoms with Gasteiger partial charge < -0.3 is 23.8 Å². The maximum absolute atomic E-state index is 5.60. The number of methoxy groups -OCH3 is 2. The lowest BCUT2D eigenvalue weighted by Gasteiger charge is -2.13. The van der Waals surface area contributed by atoms with Crippen molar-refractivity contribution in [3.63, 3.8) is 0 Å². The topological polar surface area (TPSA) is 70.4 Å². The Hall–Kier alpha value is -3.26. The van der Waals surface area contributed by atoms with Gasteiger partial charge in [0.05, 0.1) is 30.8 Å². The van der Waals surface area contributed by atoms with Crippen molar-refractivity contribution in [2.75, 3.05) is 41.7 Å². The van der Waals surface area contributed by atoms with E-state index in [-0.39, 0.29) is 6.79 Å². The monoisotopic (exact) mass is 408 g/mol. The molecule has 0 bridgehead atoms. The number of fused-ring (bicyclic) bond motifs is 6. The van der Waals surface area contributed by atoms with E-state index in [9.17, 15) is 0 Å². The Labute approximate surface area is 173 Å². The minimum Gasteiger partial charge on any atom is -0.493 e. The highest BCUT2D eigenvalue weighted by Crippen LogP contribution is 2.39. The summed E-state index contributed by atoms with van der Waals surface area (Å²) in [5.41, 5.74) is 3.46. The minimum absolute atomic E-state index is 0.235. The molecule has 0 unspecified atom stereocenters. The summed E-state index contributed by atoms with van der Waals surface area (Å²) in [5, 5.41) is 0.905. The van der Waals surface area contributed by atoms with E-state index in [2.05, 4.69) is 23.4 Å². The summed E-state index contributed by atoms with van der Waals surface area (Å²) in [4.78, 5) is 12.1. The van der Waals surface area contributed by atoms with E-state index in [0.717, 1.165) is 64.3 Å². The highest BCUT2D eigenvalue weighted by Gasteiger charge is 2.21. The number of ether oxygens (including phenoxy) is 4.